The highest BCUT2D eigenvalue weighted by atomic mass is 32.1. The zero-order valence-electron chi connectivity index (χ0n) is 73.6. The second-order valence-corrected chi connectivity index (χ2v) is 39.4. The van der Waals surface area contributed by atoms with Gasteiger partial charge in [-0.3, -0.25) is 4.98 Å². The predicted molar refractivity (Wildman–Crippen MR) is 585 cm³/mol. The molecular formula is C130H78N2S4. The summed E-state index contributed by atoms with van der Waals surface area (Å²) in [6, 6.07) is 169. The van der Waals surface area contributed by atoms with E-state index in [4.69, 9.17) is 9.97 Å². The molecule has 0 bridgehead atoms. The summed E-state index contributed by atoms with van der Waals surface area (Å²) in [6.07, 6.45) is 1.89. The largest absolute Gasteiger partial charge is 0.255 e. The van der Waals surface area contributed by atoms with Crippen LogP contribution in [-0.4, -0.2) is 9.97 Å². The van der Waals surface area contributed by atoms with Gasteiger partial charge in [0.25, 0.3) is 0 Å². The van der Waals surface area contributed by atoms with E-state index in [1.807, 2.05) is 63.7 Å². The number of aromatic nitrogens is 2. The molecule has 26 aromatic rings. The van der Waals surface area contributed by atoms with Gasteiger partial charge in [0, 0.05) is 84.1 Å². The third kappa shape index (κ3) is 12.9. The fraction of sp³-hybridized carbons (Fsp3) is 0. The number of hydrogen-bond donors (Lipinski definition) is 0. The van der Waals surface area contributed by atoms with Gasteiger partial charge < -0.3 is 0 Å². The predicted octanol–water partition coefficient (Wildman–Crippen LogP) is 38.3. The fourth-order valence-electron chi connectivity index (χ4n) is 21.8. The Morgan fingerprint density at radius 1 is 0.147 bits per heavy atom. The first-order valence-electron chi connectivity index (χ1n) is 46.4. The Morgan fingerprint density at radius 2 is 0.390 bits per heavy atom. The maximum Gasteiger partial charge on any atom is 0.0816 e. The SMILES string of the molecule is c1ccc(-c2cccc(-c3sc4c5c(cc6ccccc64)-c4ccccc4-c4ccccc4-c35)c2)cc1.c1ccc(-c2cccc(-c3sc4c5c(cc6ccccc64)-c4ccccc4-c4ccccc4-c35)n2)cc1.c1ccc(-c2sc3c4c(cc5ccccc53)-c3ccccc3-c3ccccc3-c24)cc1.c1ccc(-c2sc3c4c(cc5ccccc53)-c3ccccc3-c3ccccc3-c24)nc1. The second-order valence-electron chi connectivity index (χ2n) is 35.3. The average Bonchev–Trinajstić information content (AvgIpc) is 1.57. The number of fused-ring (bicyclic) bond motifs is 28. The van der Waals surface area contributed by atoms with E-state index in [0.29, 0.717) is 0 Å². The number of nitrogens with zero attached hydrogens (tertiary/aromatic N) is 2. The van der Waals surface area contributed by atoms with Gasteiger partial charge in [-0.25, -0.2) is 4.98 Å². The minimum absolute atomic E-state index is 0.998. The fourth-order valence-corrected chi connectivity index (χ4v) is 27.3. The van der Waals surface area contributed by atoms with Gasteiger partial charge in [-0.05, 0) is 231 Å². The monoisotopic (exact) mass is 1790 g/mol. The molecule has 30 rings (SSSR count). The first kappa shape index (κ1) is 79.3. The third-order valence-electron chi connectivity index (χ3n) is 27.8. The second kappa shape index (κ2) is 32.8. The molecule has 4 aliphatic carbocycles. The minimum Gasteiger partial charge on any atom is -0.255 e. The number of pyridine rings is 2. The van der Waals surface area contributed by atoms with E-state index >= 15 is 0 Å². The van der Waals surface area contributed by atoms with Crippen LogP contribution in [0.2, 0.25) is 0 Å². The zero-order chi connectivity index (χ0) is 89.4. The Hall–Kier alpha value is -16.4. The topological polar surface area (TPSA) is 25.8 Å². The van der Waals surface area contributed by atoms with E-state index in [2.05, 4.69) is 455 Å². The molecule has 0 fully saturated rings. The lowest BCUT2D eigenvalue weighted by molar-refractivity contribution is 1.34. The van der Waals surface area contributed by atoms with Crippen LogP contribution in [0, 0.1) is 0 Å². The highest BCUT2D eigenvalue weighted by molar-refractivity contribution is 7.25. The molecule has 0 atom stereocenters. The number of benzene rings is 20. The van der Waals surface area contributed by atoms with Crippen molar-refractivity contribution < 1.29 is 0 Å². The van der Waals surface area contributed by atoms with Crippen molar-refractivity contribution in [1.82, 2.24) is 9.97 Å². The molecule has 0 amide bonds. The molecule has 6 aromatic heterocycles. The van der Waals surface area contributed by atoms with Crippen molar-refractivity contribution in [3.05, 3.63) is 473 Å². The van der Waals surface area contributed by atoms with E-state index in [-0.39, 0.29) is 0 Å². The van der Waals surface area contributed by atoms with Gasteiger partial charge in [-0.2, -0.15) is 0 Å². The van der Waals surface area contributed by atoms with Crippen LogP contribution in [-0.2, 0) is 0 Å². The van der Waals surface area contributed by atoms with Crippen molar-refractivity contribution in [2.75, 3.05) is 0 Å². The summed E-state index contributed by atoms with van der Waals surface area (Å²) in [5, 5.41) is 15.9. The highest BCUT2D eigenvalue weighted by Gasteiger charge is 2.34. The summed E-state index contributed by atoms with van der Waals surface area (Å²) in [6.45, 7) is 0. The molecule has 0 unspecified atom stereocenters. The molecule has 0 saturated heterocycles. The van der Waals surface area contributed by atoms with E-state index in [1.54, 1.807) is 0 Å². The Morgan fingerprint density at radius 3 is 0.750 bits per heavy atom. The van der Waals surface area contributed by atoms with Gasteiger partial charge in [0.1, 0.15) is 0 Å². The zero-order valence-corrected chi connectivity index (χ0v) is 76.8. The molecule has 0 aliphatic heterocycles. The summed E-state index contributed by atoms with van der Waals surface area (Å²) < 4.78 is 5.43. The lowest BCUT2D eigenvalue weighted by atomic mass is 9.92. The van der Waals surface area contributed by atoms with Crippen molar-refractivity contribution in [2.45, 2.75) is 0 Å². The molecule has 0 spiro atoms. The van der Waals surface area contributed by atoms with E-state index < -0.39 is 0 Å². The van der Waals surface area contributed by atoms with Gasteiger partial charge >= 0.3 is 0 Å². The van der Waals surface area contributed by atoms with Crippen LogP contribution in [0.15, 0.2) is 473 Å². The summed E-state index contributed by atoms with van der Waals surface area (Å²) in [7, 11) is 0. The van der Waals surface area contributed by atoms with Crippen molar-refractivity contribution >= 4 is 129 Å². The quantitative estimate of drug-likeness (QED) is 0.166. The molecule has 4 aliphatic rings. The summed E-state index contributed by atoms with van der Waals surface area (Å²) in [5.74, 6) is 0. The van der Waals surface area contributed by atoms with Crippen LogP contribution < -0.4 is 0 Å². The molecule has 136 heavy (non-hydrogen) atoms. The summed E-state index contributed by atoms with van der Waals surface area (Å²) in [5.41, 5.74) is 40.7. The summed E-state index contributed by atoms with van der Waals surface area (Å²) in [4.78, 5) is 15.1. The van der Waals surface area contributed by atoms with Crippen molar-refractivity contribution in [3.8, 4) is 198 Å². The summed E-state index contributed by atoms with van der Waals surface area (Å²) >= 11 is 7.61. The standard InChI is InChI=1S/C36H22S.C35H21NS.C30H18S.C29H17NS/c1-2-11-23(12-3-1)24-14-10-15-26(21-24)35-33-31-20-9-8-18-29(31)28-17-6-7-19-30(28)32-22-25-13-4-5-16-27(25)36(37-35)34(32)33;1-2-11-22(12-3-1)30-19-10-20-31(36-30)35-32-28-18-9-8-16-26(28)25-15-6-7-17-27(25)29-21-23-13-4-5-14-24(23)34(37-35)33(29)32;1-2-10-19(11-3-1)29-27-25-17-9-8-15-23(25)22-14-6-7-16-24(22)26-18-20-12-4-5-13-21(20)30(31-29)28(26)27;1-2-10-19-18(9-1)17-24-22-13-4-3-11-20(22)21-12-5-6-14-23(21)26-27(24)28(19)31-29(26)25-15-7-8-16-30-25/h1-22H;1-21H;1-18H;1-17H. The Balaban J connectivity index is 0.0000000922. The molecule has 0 N–H and O–H groups in total. The van der Waals surface area contributed by atoms with Crippen molar-refractivity contribution in [1.29, 1.82) is 0 Å². The van der Waals surface area contributed by atoms with Crippen LogP contribution in [0.3, 0.4) is 0 Å². The maximum absolute atomic E-state index is 5.21. The lowest BCUT2D eigenvalue weighted by Crippen LogP contribution is -1.89. The van der Waals surface area contributed by atoms with Crippen molar-refractivity contribution in [2.24, 2.45) is 0 Å². The first-order chi connectivity index (χ1) is 67.5. The maximum atomic E-state index is 5.21. The number of hydrogen-bond acceptors (Lipinski definition) is 6. The minimum atomic E-state index is 0.998. The van der Waals surface area contributed by atoms with Crippen LogP contribution in [0.1, 0.15) is 0 Å². The Kier molecular flexibility index (Phi) is 19.1. The molecule has 20 aromatic carbocycles. The molecule has 6 heterocycles. The number of rotatable bonds is 6. The molecule has 0 saturated carbocycles. The van der Waals surface area contributed by atoms with Gasteiger partial charge in [0.05, 0.1) is 26.8 Å². The number of thiophene rings is 4. The van der Waals surface area contributed by atoms with Crippen LogP contribution in [0.4, 0.5) is 0 Å². The molecule has 6 heteroatoms. The molecule has 2 nitrogen and oxygen atoms in total. The van der Waals surface area contributed by atoms with Crippen LogP contribution in [0.5, 0.6) is 0 Å². The van der Waals surface area contributed by atoms with E-state index in [0.717, 1.165) is 22.6 Å². The molecular weight excluding hydrogens is 1720 g/mol. The van der Waals surface area contributed by atoms with Gasteiger partial charge in [0.15, 0.2) is 0 Å². The van der Waals surface area contributed by atoms with Gasteiger partial charge in [-0.1, -0.05) is 413 Å². The van der Waals surface area contributed by atoms with E-state index in [1.165, 1.54) is 259 Å². The Labute approximate surface area is 803 Å². The first-order valence-corrected chi connectivity index (χ1v) is 49.7. The van der Waals surface area contributed by atoms with Gasteiger partial charge in [-0.15, -0.1) is 45.3 Å². The third-order valence-corrected chi connectivity index (χ3v) is 32.8. The van der Waals surface area contributed by atoms with Gasteiger partial charge in [0.2, 0.25) is 0 Å². The highest BCUT2D eigenvalue weighted by Crippen LogP contribution is 2.62. The van der Waals surface area contributed by atoms with Crippen LogP contribution in [0.25, 0.3) is 281 Å². The lowest BCUT2D eigenvalue weighted by Gasteiger charge is -2.12. The van der Waals surface area contributed by atoms with E-state index in [9.17, 15) is 0 Å². The van der Waals surface area contributed by atoms with Crippen molar-refractivity contribution in [3.63, 3.8) is 0 Å². The molecule has 632 valence electrons. The smallest absolute Gasteiger partial charge is 0.0816 e. The average molecular weight is 1800 g/mol. The Bertz CT molecular complexity index is 8820. The normalized spacial score (nSPS) is 11.8. The molecule has 0 radical (unpaired) electrons. The van der Waals surface area contributed by atoms with Crippen LogP contribution >= 0.6 is 45.3 Å².